The number of nitrogens with two attached hydrogens (primary N) is 1. The topological polar surface area (TPSA) is 107 Å². The number of carbonyl (C=O) groups excluding carboxylic acids is 2. The minimum Gasteiger partial charge on any atom is -0.452 e. The number of rotatable bonds is 5. The molecule has 0 aromatic heterocycles. The van der Waals surface area contributed by atoms with Gasteiger partial charge in [0.25, 0.3) is 5.91 Å². The Hall–Kier alpha value is -1.93. The van der Waals surface area contributed by atoms with Crippen LogP contribution in [0.5, 0.6) is 0 Å². The lowest BCUT2D eigenvalue weighted by molar-refractivity contribution is -0.121. The number of amides is 1. The molecule has 0 spiro atoms. The van der Waals surface area contributed by atoms with E-state index < -0.39 is 28.5 Å². The number of aryl methyl sites for hydroxylation is 1. The number of esters is 1. The summed E-state index contributed by atoms with van der Waals surface area (Å²) in [6.07, 6.45) is 0. The van der Waals surface area contributed by atoms with Gasteiger partial charge in [0.15, 0.2) is 6.61 Å². The van der Waals surface area contributed by atoms with E-state index in [-0.39, 0.29) is 10.5 Å². The van der Waals surface area contributed by atoms with Crippen LogP contribution in [0.4, 0.5) is 0 Å². The summed E-state index contributed by atoms with van der Waals surface area (Å²) in [5, 5.41) is 0. The third-order valence-electron chi connectivity index (χ3n) is 2.55. The minimum atomic E-state index is -3.65. The molecule has 0 unspecified atom stereocenters. The standard InChI is InChI=1S/C12H16N2O5S/c1-8-4-5-9(20(17,18)14(2)3)6-10(8)12(16)19-7-11(13)15/h4-6H,7H2,1-3H3,(H2,13,15). The maximum absolute atomic E-state index is 12.0. The van der Waals surface area contributed by atoms with Crippen molar-refractivity contribution < 1.29 is 22.7 Å². The van der Waals surface area contributed by atoms with Gasteiger partial charge in [-0.15, -0.1) is 0 Å². The van der Waals surface area contributed by atoms with Crippen molar-refractivity contribution in [3.8, 4) is 0 Å². The molecule has 1 rings (SSSR count). The van der Waals surface area contributed by atoms with Gasteiger partial charge in [-0.05, 0) is 24.6 Å². The molecule has 0 heterocycles. The third-order valence-corrected chi connectivity index (χ3v) is 4.36. The molecule has 0 saturated heterocycles. The zero-order chi connectivity index (χ0) is 15.5. The van der Waals surface area contributed by atoms with E-state index in [4.69, 9.17) is 5.73 Å². The van der Waals surface area contributed by atoms with Crippen molar-refractivity contribution in [3.05, 3.63) is 29.3 Å². The highest BCUT2D eigenvalue weighted by atomic mass is 32.2. The van der Waals surface area contributed by atoms with E-state index in [0.29, 0.717) is 5.56 Å². The molecule has 0 bridgehead atoms. The molecule has 0 atom stereocenters. The van der Waals surface area contributed by atoms with E-state index in [1.54, 1.807) is 6.92 Å². The van der Waals surface area contributed by atoms with E-state index in [9.17, 15) is 18.0 Å². The summed E-state index contributed by atoms with van der Waals surface area (Å²) in [6, 6.07) is 4.11. The molecule has 0 fully saturated rings. The van der Waals surface area contributed by atoms with Gasteiger partial charge in [-0.3, -0.25) is 4.79 Å². The fraction of sp³-hybridized carbons (Fsp3) is 0.333. The molecule has 8 heteroatoms. The second-order valence-corrected chi connectivity index (χ2v) is 6.46. The fourth-order valence-electron chi connectivity index (χ4n) is 1.41. The maximum atomic E-state index is 12.0. The molecule has 1 aromatic rings. The number of benzene rings is 1. The summed E-state index contributed by atoms with van der Waals surface area (Å²) in [7, 11) is -0.869. The average Bonchev–Trinajstić information content (AvgIpc) is 2.35. The first kappa shape index (κ1) is 16.1. The number of sulfonamides is 1. The Morgan fingerprint density at radius 3 is 2.40 bits per heavy atom. The number of ether oxygens (including phenoxy) is 1. The van der Waals surface area contributed by atoms with Gasteiger partial charge in [-0.25, -0.2) is 17.5 Å². The van der Waals surface area contributed by atoms with Crippen LogP contribution >= 0.6 is 0 Å². The van der Waals surface area contributed by atoms with Gasteiger partial charge in [0.05, 0.1) is 10.5 Å². The number of nitrogens with zero attached hydrogens (tertiary/aromatic N) is 1. The summed E-state index contributed by atoms with van der Waals surface area (Å²) in [5.41, 5.74) is 5.49. The molecule has 0 aliphatic heterocycles. The normalized spacial score (nSPS) is 11.4. The molecule has 1 amide bonds. The first-order valence-corrected chi connectivity index (χ1v) is 7.09. The van der Waals surface area contributed by atoms with E-state index in [2.05, 4.69) is 4.74 Å². The van der Waals surface area contributed by atoms with Crippen molar-refractivity contribution in [2.24, 2.45) is 5.73 Å². The van der Waals surface area contributed by atoms with Crippen LogP contribution in [0.1, 0.15) is 15.9 Å². The maximum Gasteiger partial charge on any atom is 0.338 e. The Morgan fingerprint density at radius 1 is 1.30 bits per heavy atom. The van der Waals surface area contributed by atoms with Gasteiger partial charge in [0, 0.05) is 14.1 Å². The molecule has 0 aliphatic rings. The van der Waals surface area contributed by atoms with Crippen molar-refractivity contribution in [2.75, 3.05) is 20.7 Å². The Kier molecular flexibility index (Phi) is 4.85. The molecule has 0 radical (unpaired) electrons. The van der Waals surface area contributed by atoms with Crippen molar-refractivity contribution in [1.29, 1.82) is 0 Å². The van der Waals surface area contributed by atoms with Crippen LogP contribution in [-0.2, 0) is 19.6 Å². The van der Waals surface area contributed by atoms with Crippen molar-refractivity contribution >= 4 is 21.9 Å². The SMILES string of the molecule is Cc1ccc(S(=O)(=O)N(C)C)cc1C(=O)OCC(N)=O. The van der Waals surface area contributed by atoms with E-state index >= 15 is 0 Å². The van der Waals surface area contributed by atoms with Crippen LogP contribution in [0, 0.1) is 6.92 Å². The van der Waals surface area contributed by atoms with Crippen LogP contribution in [-0.4, -0.2) is 45.3 Å². The van der Waals surface area contributed by atoms with E-state index in [0.717, 1.165) is 4.31 Å². The predicted molar refractivity (Wildman–Crippen MR) is 71.5 cm³/mol. The van der Waals surface area contributed by atoms with Crippen molar-refractivity contribution in [2.45, 2.75) is 11.8 Å². The fourth-order valence-corrected chi connectivity index (χ4v) is 2.34. The predicted octanol–water partition coefficient (Wildman–Crippen LogP) is -0.113. The van der Waals surface area contributed by atoms with Crippen molar-refractivity contribution in [1.82, 2.24) is 4.31 Å². The molecule has 110 valence electrons. The van der Waals surface area contributed by atoms with Gasteiger partial charge in [0.2, 0.25) is 10.0 Å². The number of carbonyl (C=O) groups is 2. The molecule has 1 aromatic carbocycles. The second-order valence-electron chi connectivity index (χ2n) is 4.31. The summed E-state index contributed by atoms with van der Waals surface area (Å²) >= 11 is 0. The highest BCUT2D eigenvalue weighted by Crippen LogP contribution is 2.18. The van der Waals surface area contributed by atoms with E-state index in [1.807, 2.05) is 0 Å². The highest BCUT2D eigenvalue weighted by molar-refractivity contribution is 7.89. The smallest absolute Gasteiger partial charge is 0.338 e. The Labute approximate surface area is 117 Å². The molecule has 0 aliphatic carbocycles. The minimum absolute atomic E-state index is 0.0286. The van der Waals surface area contributed by atoms with Crippen molar-refractivity contribution in [3.63, 3.8) is 0 Å². The van der Waals surface area contributed by atoms with Crippen LogP contribution in [0.3, 0.4) is 0 Å². The number of hydrogen-bond donors (Lipinski definition) is 1. The van der Waals surface area contributed by atoms with Crippen LogP contribution in [0.25, 0.3) is 0 Å². The lowest BCUT2D eigenvalue weighted by atomic mass is 10.1. The second kappa shape index (κ2) is 6.02. The van der Waals surface area contributed by atoms with Gasteiger partial charge < -0.3 is 10.5 Å². The Balaban J connectivity index is 3.16. The molecule has 20 heavy (non-hydrogen) atoms. The quantitative estimate of drug-likeness (QED) is 0.763. The molecule has 0 saturated carbocycles. The Morgan fingerprint density at radius 2 is 1.90 bits per heavy atom. The lowest BCUT2D eigenvalue weighted by Crippen LogP contribution is -2.23. The summed E-state index contributed by atoms with van der Waals surface area (Å²) in [4.78, 5) is 22.3. The van der Waals surface area contributed by atoms with Gasteiger partial charge in [-0.1, -0.05) is 6.07 Å². The summed E-state index contributed by atoms with van der Waals surface area (Å²) in [6.45, 7) is 1.08. The number of primary amides is 1. The number of hydrogen-bond acceptors (Lipinski definition) is 5. The highest BCUT2D eigenvalue weighted by Gasteiger charge is 2.20. The summed E-state index contributed by atoms with van der Waals surface area (Å²) < 4.78 is 29.7. The van der Waals surface area contributed by atoms with Crippen LogP contribution in [0.15, 0.2) is 23.1 Å². The zero-order valence-corrected chi connectivity index (χ0v) is 12.2. The van der Waals surface area contributed by atoms with Gasteiger partial charge >= 0.3 is 5.97 Å². The van der Waals surface area contributed by atoms with Gasteiger partial charge in [0.1, 0.15) is 0 Å². The monoisotopic (exact) mass is 300 g/mol. The molecule has 7 nitrogen and oxygen atoms in total. The first-order valence-electron chi connectivity index (χ1n) is 5.65. The summed E-state index contributed by atoms with van der Waals surface area (Å²) in [5.74, 6) is -1.58. The molecular weight excluding hydrogens is 284 g/mol. The largest absolute Gasteiger partial charge is 0.452 e. The molecular formula is C12H16N2O5S. The lowest BCUT2D eigenvalue weighted by Gasteiger charge is -2.13. The van der Waals surface area contributed by atoms with Gasteiger partial charge in [-0.2, -0.15) is 0 Å². The molecule has 2 N–H and O–H groups in total. The Bertz CT molecular complexity index is 637. The van der Waals surface area contributed by atoms with Crippen LogP contribution in [0.2, 0.25) is 0 Å². The van der Waals surface area contributed by atoms with E-state index in [1.165, 1.54) is 32.3 Å². The first-order chi connectivity index (χ1) is 9.16. The van der Waals surface area contributed by atoms with Crippen LogP contribution < -0.4 is 5.73 Å². The third kappa shape index (κ3) is 3.55. The zero-order valence-electron chi connectivity index (χ0n) is 11.4. The average molecular weight is 300 g/mol.